The molecule has 1 aromatic heterocycles. The molecule has 5 heteroatoms. The smallest absolute Gasteiger partial charge is 0.266 e. The molecule has 1 aliphatic rings. The first-order valence-electron chi connectivity index (χ1n) is 7.44. The summed E-state index contributed by atoms with van der Waals surface area (Å²) >= 11 is 0. The number of likely N-dealkylation sites (tertiary alicyclic amines) is 1. The molecule has 0 saturated carbocycles. The van der Waals surface area contributed by atoms with Gasteiger partial charge in [-0.3, -0.25) is 20.1 Å². The molecule has 1 aromatic rings. The van der Waals surface area contributed by atoms with E-state index in [-0.39, 0.29) is 5.91 Å². The van der Waals surface area contributed by atoms with Gasteiger partial charge >= 0.3 is 0 Å². The fraction of sp³-hybridized carbons (Fsp3) is 0.600. The van der Waals surface area contributed by atoms with Crippen LogP contribution in [0.5, 0.6) is 0 Å². The van der Waals surface area contributed by atoms with E-state index in [9.17, 15) is 4.79 Å². The van der Waals surface area contributed by atoms with Crippen molar-refractivity contribution >= 4 is 5.91 Å². The molecule has 0 bridgehead atoms. The van der Waals surface area contributed by atoms with Crippen molar-refractivity contribution in [3.05, 3.63) is 29.6 Å². The minimum atomic E-state index is -0.300. The van der Waals surface area contributed by atoms with Gasteiger partial charge in [0.15, 0.2) is 0 Å². The van der Waals surface area contributed by atoms with Crippen LogP contribution >= 0.6 is 0 Å². The van der Waals surface area contributed by atoms with E-state index in [1.54, 1.807) is 12.3 Å². The van der Waals surface area contributed by atoms with Crippen LogP contribution < -0.4 is 11.3 Å². The fourth-order valence-corrected chi connectivity index (χ4v) is 2.87. The lowest BCUT2D eigenvalue weighted by Gasteiger charge is -2.35. The molecule has 2 rings (SSSR count). The molecule has 1 saturated heterocycles. The Morgan fingerprint density at radius 2 is 2.35 bits per heavy atom. The number of piperidine rings is 1. The van der Waals surface area contributed by atoms with Gasteiger partial charge in [0, 0.05) is 18.8 Å². The maximum Gasteiger partial charge on any atom is 0.266 e. The van der Waals surface area contributed by atoms with Gasteiger partial charge in [0.1, 0.15) is 0 Å². The highest BCUT2D eigenvalue weighted by Crippen LogP contribution is 2.22. The summed E-state index contributed by atoms with van der Waals surface area (Å²) in [6.45, 7) is 4.26. The van der Waals surface area contributed by atoms with Crippen LogP contribution in [0.4, 0.5) is 0 Å². The quantitative estimate of drug-likeness (QED) is 0.489. The molecule has 110 valence electrons. The largest absolute Gasteiger partial charge is 0.295 e. The number of hydrogen-bond donors (Lipinski definition) is 2. The molecule has 0 spiro atoms. The second-order valence-electron chi connectivity index (χ2n) is 5.42. The molecule has 1 unspecified atom stereocenters. The normalized spacial score (nSPS) is 19.8. The van der Waals surface area contributed by atoms with Gasteiger partial charge in [-0.15, -0.1) is 0 Å². The Hall–Kier alpha value is -1.46. The van der Waals surface area contributed by atoms with Crippen molar-refractivity contribution in [2.24, 2.45) is 5.84 Å². The van der Waals surface area contributed by atoms with E-state index in [4.69, 9.17) is 5.84 Å². The minimum Gasteiger partial charge on any atom is -0.295 e. The highest BCUT2D eigenvalue weighted by Gasteiger charge is 2.21. The molecule has 3 N–H and O–H groups in total. The number of rotatable bonds is 5. The molecular formula is C15H24N4O. The number of aromatic nitrogens is 1. The van der Waals surface area contributed by atoms with Gasteiger partial charge in [-0.1, -0.05) is 19.8 Å². The van der Waals surface area contributed by atoms with Crippen LogP contribution in [0, 0.1) is 0 Å². The molecule has 0 radical (unpaired) electrons. The molecule has 0 aromatic carbocycles. The molecule has 2 heterocycles. The van der Waals surface area contributed by atoms with E-state index in [1.165, 1.54) is 32.1 Å². The predicted molar refractivity (Wildman–Crippen MR) is 78.8 cm³/mol. The minimum absolute atomic E-state index is 0.300. The van der Waals surface area contributed by atoms with Crippen LogP contribution in [-0.2, 0) is 6.54 Å². The number of hydrogen-bond acceptors (Lipinski definition) is 4. The molecule has 1 fully saturated rings. The van der Waals surface area contributed by atoms with Crippen molar-refractivity contribution in [3.63, 3.8) is 0 Å². The first-order chi connectivity index (χ1) is 9.74. The van der Waals surface area contributed by atoms with Gasteiger partial charge in [0.2, 0.25) is 0 Å². The van der Waals surface area contributed by atoms with Gasteiger partial charge in [-0.05, 0) is 37.9 Å². The van der Waals surface area contributed by atoms with Crippen molar-refractivity contribution in [2.45, 2.75) is 51.6 Å². The van der Waals surface area contributed by atoms with E-state index >= 15 is 0 Å². The van der Waals surface area contributed by atoms with Crippen molar-refractivity contribution in [1.29, 1.82) is 0 Å². The highest BCUT2D eigenvalue weighted by molar-refractivity contribution is 5.93. The summed E-state index contributed by atoms with van der Waals surface area (Å²) in [7, 11) is 0. The zero-order chi connectivity index (χ0) is 14.4. The van der Waals surface area contributed by atoms with Crippen molar-refractivity contribution in [2.75, 3.05) is 6.54 Å². The van der Waals surface area contributed by atoms with Gasteiger partial charge < -0.3 is 0 Å². The maximum atomic E-state index is 11.4. The number of nitrogens with two attached hydrogens (primary N) is 1. The molecule has 1 aliphatic heterocycles. The third kappa shape index (κ3) is 3.77. The van der Waals surface area contributed by atoms with Gasteiger partial charge in [0.05, 0.1) is 11.3 Å². The predicted octanol–water partition coefficient (Wildman–Crippen LogP) is 1.84. The van der Waals surface area contributed by atoms with Gasteiger partial charge in [-0.25, -0.2) is 5.84 Å². The lowest BCUT2D eigenvalue weighted by atomic mass is 9.98. The molecule has 1 atom stereocenters. The Balaban J connectivity index is 1.99. The standard InChI is InChI=1S/C15H24N4O/c1-2-5-14-6-3-4-9-19(14)11-13-8-7-12(10-17-13)15(20)18-16/h7-8,10,14H,2-6,9,11,16H2,1H3,(H,18,20). The average molecular weight is 276 g/mol. The van der Waals surface area contributed by atoms with E-state index in [2.05, 4.69) is 22.2 Å². The second-order valence-corrected chi connectivity index (χ2v) is 5.42. The van der Waals surface area contributed by atoms with E-state index in [1.807, 2.05) is 6.07 Å². The fourth-order valence-electron chi connectivity index (χ4n) is 2.87. The molecular weight excluding hydrogens is 252 g/mol. The van der Waals surface area contributed by atoms with E-state index < -0.39 is 0 Å². The summed E-state index contributed by atoms with van der Waals surface area (Å²) in [5.41, 5.74) is 3.63. The Morgan fingerprint density at radius 1 is 1.50 bits per heavy atom. The van der Waals surface area contributed by atoms with Crippen LogP contribution in [0.2, 0.25) is 0 Å². The Morgan fingerprint density at radius 3 is 3.00 bits per heavy atom. The summed E-state index contributed by atoms with van der Waals surface area (Å²) in [5, 5.41) is 0. The summed E-state index contributed by atoms with van der Waals surface area (Å²) in [5.74, 6) is 4.81. The van der Waals surface area contributed by atoms with E-state index in [0.29, 0.717) is 11.6 Å². The van der Waals surface area contributed by atoms with Gasteiger partial charge in [0.25, 0.3) is 5.91 Å². The molecule has 5 nitrogen and oxygen atoms in total. The summed E-state index contributed by atoms with van der Waals surface area (Å²) < 4.78 is 0. The lowest BCUT2D eigenvalue weighted by molar-refractivity contribution is 0.0953. The molecule has 20 heavy (non-hydrogen) atoms. The van der Waals surface area contributed by atoms with Crippen molar-refractivity contribution in [1.82, 2.24) is 15.3 Å². The number of nitrogens with one attached hydrogen (secondary N) is 1. The topological polar surface area (TPSA) is 71.2 Å². The van der Waals surface area contributed by atoms with Crippen LogP contribution in [0.1, 0.15) is 55.1 Å². The first-order valence-corrected chi connectivity index (χ1v) is 7.44. The Bertz CT molecular complexity index is 430. The Kier molecular flexibility index (Phi) is 5.49. The zero-order valence-corrected chi connectivity index (χ0v) is 12.1. The highest BCUT2D eigenvalue weighted by atomic mass is 16.2. The molecule has 0 aliphatic carbocycles. The third-order valence-electron chi connectivity index (χ3n) is 3.95. The number of carbonyl (C=O) groups excluding carboxylic acids is 1. The lowest BCUT2D eigenvalue weighted by Crippen LogP contribution is -2.39. The van der Waals surface area contributed by atoms with Crippen molar-refractivity contribution < 1.29 is 4.79 Å². The van der Waals surface area contributed by atoms with Crippen LogP contribution in [0.25, 0.3) is 0 Å². The van der Waals surface area contributed by atoms with Crippen molar-refractivity contribution in [3.8, 4) is 0 Å². The number of pyridine rings is 1. The third-order valence-corrected chi connectivity index (χ3v) is 3.95. The van der Waals surface area contributed by atoms with Crippen LogP contribution in [-0.4, -0.2) is 28.4 Å². The van der Waals surface area contributed by atoms with Crippen LogP contribution in [0.15, 0.2) is 18.3 Å². The summed E-state index contributed by atoms with van der Waals surface area (Å²) in [4.78, 5) is 18.3. The number of nitrogens with zero attached hydrogens (tertiary/aromatic N) is 2. The summed E-state index contributed by atoms with van der Waals surface area (Å²) in [6, 6.07) is 4.38. The van der Waals surface area contributed by atoms with E-state index in [0.717, 1.165) is 18.8 Å². The first kappa shape index (κ1) is 14.9. The average Bonchev–Trinajstić information content (AvgIpc) is 2.49. The second kappa shape index (κ2) is 7.36. The Labute approximate surface area is 120 Å². The zero-order valence-electron chi connectivity index (χ0n) is 12.1. The van der Waals surface area contributed by atoms with Crippen LogP contribution in [0.3, 0.4) is 0 Å². The number of hydrazine groups is 1. The molecule has 1 amide bonds. The SMILES string of the molecule is CCCC1CCCCN1Cc1ccc(C(=O)NN)cn1. The monoisotopic (exact) mass is 276 g/mol. The number of carbonyl (C=O) groups is 1. The summed E-state index contributed by atoms with van der Waals surface area (Å²) in [6.07, 6.45) is 7.98. The van der Waals surface area contributed by atoms with Gasteiger partial charge in [-0.2, -0.15) is 0 Å². The number of amides is 1. The number of nitrogen functional groups attached to an aromatic ring is 1. The maximum absolute atomic E-state index is 11.4.